The van der Waals surface area contributed by atoms with Crippen molar-refractivity contribution in [2.75, 3.05) is 6.54 Å². The van der Waals surface area contributed by atoms with Crippen molar-refractivity contribution in [2.24, 2.45) is 0 Å². The third-order valence-electron chi connectivity index (χ3n) is 9.38. The van der Waals surface area contributed by atoms with Crippen LogP contribution in [0.5, 0.6) is 0 Å². The molecule has 2 heterocycles. The molecule has 0 fully saturated rings. The predicted octanol–water partition coefficient (Wildman–Crippen LogP) is 11.6. The van der Waals surface area contributed by atoms with E-state index in [0.717, 1.165) is 35.6 Å². The molecule has 1 N–H and O–H groups in total. The van der Waals surface area contributed by atoms with Crippen LogP contribution >= 0.6 is 0 Å². The molecule has 1 aliphatic heterocycles. The van der Waals surface area contributed by atoms with Crippen LogP contribution in [0.15, 0.2) is 133 Å². The Labute approximate surface area is 270 Å². The van der Waals surface area contributed by atoms with Crippen molar-refractivity contribution in [1.82, 2.24) is 10.3 Å². The molecule has 0 radical (unpaired) electrons. The minimum atomic E-state index is 0.995. The zero-order chi connectivity index (χ0) is 31.0. The summed E-state index contributed by atoms with van der Waals surface area (Å²) >= 11 is 0. The minimum absolute atomic E-state index is 0.995. The second-order valence-electron chi connectivity index (χ2n) is 12.2. The summed E-state index contributed by atoms with van der Waals surface area (Å²) in [6.07, 6.45) is 8.86. The van der Waals surface area contributed by atoms with Gasteiger partial charge in [0, 0.05) is 12.1 Å². The van der Waals surface area contributed by atoms with E-state index < -0.39 is 0 Å². The standard InChI is InChI=1S/C44H36N2/c1-3-13-30-28-31(24-23-29(30)2)43-35-16-6-8-18-37(35)44(38-19-9-7-17-36(38)43)39-26-25-34(32-14-4-5-15-33(32)39)40-21-12-22-42(46-40)41-20-10-11-27-45-41/h3-9,12-26,28,45H,10-11,27H2,1-2H3/b13-3-. The summed E-state index contributed by atoms with van der Waals surface area (Å²) in [6, 6.07) is 44.5. The highest BCUT2D eigenvalue weighted by atomic mass is 14.9. The molecule has 0 unspecified atom stereocenters. The van der Waals surface area contributed by atoms with Gasteiger partial charge in [0.1, 0.15) is 0 Å². The maximum atomic E-state index is 5.16. The summed E-state index contributed by atoms with van der Waals surface area (Å²) in [5.74, 6) is 0. The molecule has 8 rings (SSSR count). The van der Waals surface area contributed by atoms with Crippen molar-refractivity contribution >= 4 is 44.1 Å². The van der Waals surface area contributed by atoms with Gasteiger partial charge in [-0.15, -0.1) is 0 Å². The maximum absolute atomic E-state index is 5.16. The molecular weight excluding hydrogens is 556 g/mol. The van der Waals surface area contributed by atoms with Crippen LogP contribution in [0.1, 0.15) is 36.6 Å². The zero-order valence-electron chi connectivity index (χ0n) is 26.3. The summed E-state index contributed by atoms with van der Waals surface area (Å²) in [6.45, 7) is 5.26. The van der Waals surface area contributed by atoms with Crippen LogP contribution in [-0.4, -0.2) is 11.5 Å². The highest BCUT2D eigenvalue weighted by molar-refractivity contribution is 6.24. The second-order valence-corrected chi connectivity index (χ2v) is 12.2. The third kappa shape index (κ3) is 4.78. The quantitative estimate of drug-likeness (QED) is 0.201. The molecule has 2 nitrogen and oxygen atoms in total. The van der Waals surface area contributed by atoms with Crippen LogP contribution in [0.2, 0.25) is 0 Å². The van der Waals surface area contributed by atoms with Crippen LogP contribution in [0, 0.1) is 6.92 Å². The maximum Gasteiger partial charge on any atom is 0.0865 e. The smallest absolute Gasteiger partial charge is 0.0865 e. The zero-order valence-corrected chi connectivity index (χ0v) is 26.3. The molecule has 0 saturated carbocycles. The van der Waals surface area contributed by atoms with Crippen LogP contribution < -0.4 is 5.32 Å². The fourth-order valence-electron chi connectivity index (χ4n) is 7.20. The minimum Gasteiger partial charge on any atom is -0.384 e. The summed E-state index contributed by atoms with van der Waals surface area (Å²) in [7, 11) is 0. The van der Waals surface area contributed by atoms with Gasteiger partial charge in [-0.25, -0.2) is 4.98 Å². The largest absolute Gasteiger partial charge is 0.384 e. The molecule has 1 aliphatic rings. The Morgan fingerprint density at radius 1 is 0.609 bits per heavy atom. The molecule has 46 heavy (non-hydrogen) atoms. The van der Waals surface area contributed by atoms with Gasteiger partial charge < -0.3 is 5.32 Å². The molecule has 2 heteroatoms. The Hall–Kier alpha value is -5.47. The molecule has 0 aliphatic carbocycles. The number of pyridine rings is 1. The van der Waals surface area contributed by atoms with Gasteiger partial charge >= 0.3 is 0 Å². The Morgan fingerprint density at radius 2 is 1.22 bits per heavy atom. The number of hydrogen-bond donors (Lipinski definition) is 1. The van der Waals surface area contributed by atoms with E-state index in [4.69, 9.17) is 4.98 Å². The Balaban J connectivity index is 1.38. The molecule has 0 saturated heterocycles. The number of allylic oxidation sites excluding steroid dienone is 2. The second kappa shape index (κ2) is 11.8. The molecule has 0 spiro atoms. The van der Waals surface area contributed by atoms with Crippen molar-refractivity contribution in [3.63, 3.8) is 0 Å². The van der Waals surface area contributed by atoms with E-state index >= 15 is 0 Å². The van der Waals surface area contributed by atoms with E-state index in [9.17, 15) is 0 Å². The third-order valence-corrected chi connectivity index (χ3v) is 9.38. The van der Waals surface area contributed by atoms with Gasteiger partial charge in [0.15, 0.2) is 0 Å². The number of hydrogen-bond acceptors (Lipinski definition) is 2. The summed E-state index contributed by atoms with van der Waals surface area (Å²) in [5.41, 5.74) is 11.9. The average molecular weight is 593 g/mol. The van der Waals surface area contributed by atoms with E-state index in [0.29, 0.717) is 0 Å². The lowest BCUT2D eigenvalue weighted by atomic mass is 9.83. The van der Waals surface area contributed by atoms with Crippen LogP contribution in [-0.2, 0) is 0 Å². The Morgan fingerprint density at radius 3 is 1.87 bits per heavy atom. The van der Waals surface area contributed by atoms with E-state index in [2.05, 4.69) is 159 Å². The van der Waals surface area contributed by atoms with E-state index in [1.807, 2.05) is 0 Å². The Kier molecular flexibility index (Phi) is 7.19. The molecule has 0 amide bonds. The summed E-state index contributed by atoms with van der Waals surface area (Å²) in [5, 5.41) is 11.0. The van der Waals surface area contributed by atoms with Gasteiger partial charge in [0.05, 0.1) is 17.1 Å². The average Bonchev–Trinajstić information content (AvgIpc) is 3.12. The van der Waals surface area contributed by atoms with Crippen molar-refractivity contribution in [2.45, 2.75) is 26.7 Å². The van der Waals surface area contributed by atoms with Gasteiger partial charge in [-0.2, -0.15) is 0 Å². The molecule has 7 aromatic rings. The molecule has 1 aromatic heterocycles. The molecule has 0 atom stereocenters. The lowest BCUT2D eigenvalue weighted by Gasteiger charge is -2.20. The number of fused-ring (bicyclic) bond motifs is 3. The lowest BCUT2D eigenvalue weighted by Crippen LogP contribution is -2.18. The number of rotatable bonds is 5. The predicted molar refractivity (Wildman–Crippen MR) is 198 cm³/mol. The first-order valence-corrected chi connectivity index (χ1v) is 16.3. The number of aryl methyl sites for hydroxylation is 1. The monoisotopic (exact) mass is 592 g/mol. The van der Waals surface area contributed by atoms with Gasteiger partial charge in [-0.1, -0.05) is 121 Å². The molecule has 222 valence electrons. The first-order valence-electron chi connectivity index (χ1n) is 16.3. The van der Waals surface area contributed by atoms with Crippen molar-refractivity contribution < 1.29 is 0 Å². The van der Waals surface area contributed by atoms with Crippen LogP contribution in [0.4, 0.5) is 0 Å². The van der Waals surface area contributed by atoms with Crippen molar-refractivity contribution in [1.29, 1.82) is 0 Å². The van der Waals surface area contributed by atoms with Crippen molar-refractivity contribution in [3.05, 3.63) is 150 Å². The van der Waals surface area contributed by atoms with E-state index in [1.165, 1.54) is 72.1 Å². The highest BCUT2D eigenvalue weighted by Gasteiger charge is 2.19. The molecule has 6 aromatic carbocycles. The summed E-state index contributed by atoms with van der Waals surface area (Å²) in [4.78, 5) is 5.16. The van der Waals surface area contributed by atoms with Gasteiger partial charge in [-0.05, 0) is 111 Å². The van der Waals surface area contributed by atoms with Crippen LogP contribution in [0.25, 0.3) is 77.6 Å². The van der Waals surface area contributed by atoms with Gasteiger partial charge in [-0.3, -0.25) is 0 Å². The van der Waals surface area contributed by atoms with E-state index in [1.54, 1.807) is 0 Å². The fourth-order valence-corrected chi connectivity index (χ4v) is 7.20. The van der Waals surface area contributed by atoms with Crippen molar-refractivity contribution in [3.8, 4) is 33.5 Å². The summed E-state index contributed by atoms with van der Waals surface area (Å²) < 4.78 is 0. The Bertz CT molecular complexity index is 2280. The van der Waals surface area contributed by atoms with Gasteiger partial charge in [0.2, 0.25) is 0 Å². The SMILES string of the molecule is C/C=C\c1cc(-c2c3ccccc3c(-c3ccc(-c4cccc(C5=CCCCN5)n4)c4ccccc34)c3ccccc23)ccc1C. The van der Waals surface area contributed by atoms with Crippen LogP contribution in [0.3, 0.4) is 0 Å². The first kappa shape index (κ1) is 28.0. The number of benzene rings is 6. The molecule has 0 bridgehead atoms. The van der Waals surface area contributed by atoms with Gasteiger partial charge in [0.25, 0.3) is 0 Å². The number of nitrogens with one attached hydrogen (secondary N) is 1. The highest BCUT2D eigenvalue weighted by Crippen LogP contribution is 2.46. The topological polar surface area (TPSA) is 24.9 Å². The lowest BCUT2D eigenvalue weighted by molar-refractivity contribution is 0.741. The first-order chi connectivity index (χ1) is 22.7. The normalized spacial score (nSPS) is 13.4. The number of aromatic nitrogens is 1. The van der Waals surface area contributed by atoms with E-state index in [-0.39, 0.29) is 0 Å². The fraction of sp³-hybridized carbons (Fsp3) is 0.114. The number of nitrogens with zero attached hydrogens (tertiary/aromatic N) is 1. The molecular formula is C44H36N2.